The SMILES string of the molecule is COC(=O)c1sc(-c2cccc(N(C3CCNCC3)S(=O)(=O)CCOC(C)C)c2)c(Br)c1OCC(=O)OC(C)(C)C. The normalized spacial score (nSPS) is 14.6. The summed E-state index contributed by atoms with van der Waals surface area (Å²) in [6.07, 6.45) is 1.27. The monoisotopic (exact) mass is 674 g/mol. The van der Waals surface area contributed by atoms with E-state index in [9.17, 15) is 18.0 Å². The molecule has 228 valence electrons. The van der Waals surface area contributed by atoms with E-state index >= 15 is 0 Å². The van der Waals surface area contributed by atoms with Gasteiger partial charge in [0.15, 0.2) is 17.2 Å². The van der Waals surface area contributed by atoms with Crippen LogP contribution >= 0.6 is 27.3 Å². The molecule has 3 rings (SSSR count). The first kappa shape index (κ1) is 33.3. The minimum Gasteiger partial charge on any atom is -0.479 e. The molecule has 2 heterocycles. The smallest absolute Gasteiger partial charge is 0.351 e. The van der Waals surface area contributed by atoms with Crippen molar-refractivity contribution >= 4 is 54.9 Å². The summed E-state index contributed by atoms with van der Waals surface area (Å²) in [6, 6.07) is 6.96. The van der Waals surface area contributed by atoms with Crippen LogP contribution in [0.5, 0.6) is 5.75 Å². The molecular formula is C28H39BrN2O8S2. The Labute approximate surface area is 254 Å². The molecule has 0 radical (unpaired) electrons. The summed E-state index contributed by atoms with van der Waals surface area (Å²) in [6.45, 7) is 10.1. The molecule has 1 aromatic carbocycles. The molecule has 2 aromatic rings. The molecule has 10 nitrogen and oxygen atoms in total. The van der Waals surface area contributed by atoms with Crippen LogP contribution < -0.4 is 14.4 Å². The van der Waals surface area contributed by atoms with E-state index in [0.29, 0.717) is 33.4 Å². The van der Waals surface area contributed by atoms with Crippen LogP contribution in [0.25, 0.3) is 10.4 Å². The van der Waals surface area contributed by atoms with Crippen molar-refractivity contribution in [1.29, 1.82) is 0 Å². The van der Waals surface area contributed by atoms with Gasteiger partial charge in [0.1, 0.15) is 5.60 Å². The lowest BCUT2D eigenvalue weighted by Crippen LogP contribution is -2.47. The average Bonchev–Trinajstić information content (AvgIpc) is 3.22. The number of nitrogens with zero attached hydrogens (tertiary/aromatic N) is 1. The Kier molecular flexibility index (Phi) is 11.6. The molecule has 0 bridgehead atoms. The first-order valence-electron chi connectivity index (χ1n) is 13.4. The van der Waals surface area contributed by atoms with Crippen LogP contribution in [-0.2, 0) is 29.0 Å². The standard InChI is InChI=1S/C28H39BrN2O8S2/c1-18(2)37-14-15-41(34,35)31(20-10-12-30-13-11-20)21-9-7-8-19(16-21)25-23(29)24(26(40-25)27(33)36-6)38-17-22(32)39-28(3,4)5/h7-9,16,18,20,30H,10-15,17H2,1-6H3. The minimum atomic E-state index is -3.71. The van der Waals surface area contributed by atoms with Crippen LogP contribution in [0, 0.1) is 0 Å². The second kappa shape index (κ2) is 14.3. The molecule has 0 saturated carbocycles. The maximum atomic E-state index is 13.7. The van der Waals surface area contributed by atoms with Gasteiger partial charge < -0.3 is 24.3 Å². The van der Waals surface area contributed by atoms with Crippen LogP contribution in [0.15, 0.2) is 28.7 Å². The highest BCUT2D eigenvalue weighted by Gasteiger charge is 2.32. The first-order valence-corrected chi connectivity index (χ1v) is 16.7. The molecule has 1 aliphatic heterocycles. The number of nitrogens with one attached hydrogen (secondary N) is 1. The number of hydrogen-bond donors (Lipinski definition) is 1. The highest BCUT2D eigenvalue weighted by atomic mass is 79.9. The van der Waals surface area contributed by atoms with Crippen molar-refractivity contribution < 1.29 is 37.0 Å². The molecule has 1 N–H and O–H groups in total. The molecule has 13 heteroatoms. The summed E-state index contributed by atoms with van der Waals surface area (Å²) in [5, 5.41) is 3.29. The van der Waals surface area contributed by atoms with Gasteiger partial charge in [0.25, 0.3) is 0 Å². The number of rotatable bonds is 12. The molecular weight excluding hydrogens is 636 g/mol. The van der Waals surface area contributed by atoms with E-state index in [1.165, 1.54) is 11.4 Å². The Hall–Kier alpha value is -2.19. The fourth-order valence-corrected chi connectivity index (χ4v) is 7.92. The molecule has 41 heavy (non-hydrogen) atoms. The number of hydrogen-bond acceptors (Lipinski definition) is 10. The second-order valence-electron chi connectivity index (χ2n) is 10.8. The molecule has 0 unspecified atom stereocenters. The number of benzene rings is 1. The zero-order valence-corrected chi connectivity index (χ0v) is 27.5. The average molecular weight is 676 g/mol. The van der Waals surface area contributed by atoms with Gasteiger partial charge in [-0.3, -0.25) is 4.31 Å². The lowest BCUT2D eigenvalue weighted by molar-refractivity contribution is -0.157. The van der Waals surface area contributed by atoms with E-state index in [1.807, 2.05) is 19.9 Å². The molecule has 1 aliphatic rings. The number of ether oxygens (including phenoxy) is 4. The fraction of sp³-hybridized carbons (Fsp3) is 0.571. The number of thiophene rings is 1. The third-order valence-electron chi connectivity index (χ3n) is 6.03. The van der Waals surface area contributed by atoms with Gasteiger partial charge in [-0.15, -0.1) is 11.3 Å². The third kappa shape index (κ3) is 9.15. The first-order chi connectivity index (χ1) is 19.2. The Balaban J connectivity index is 2.00. The maximum absolute atomic E-state index is 13.7. The van der Waals surface area contributed by atoms with Gasteiger partial charge in [0, 0.05) is 6.04 Å². The van der Waals surface area contributed by atoms with E-state index < -0.39 is 34.2 Å². The summed E-state index contributed by atoms with van der Waals surface area (Å²) in [4.78, 5) is 25.7. The quantitative estimate of drug-likeness (QED) is 0.310. The van der Waals surface area contributed by atoms with Gasteiger partial charge in [0.2, 0.25) is 10.0 Å². The van der Waals surface area contributed by atoms with Gasteiger partial charge in [-0.2, -0.15) is 0 Å². The Morgan fingerprint density at radius 2 is 1.88 bits per heavy atom. The molecule has 0 spiro atoms. The topological polar surface area (TPSA) is 120 Å². The summed E-state index contributed by atoms with van der Waals surface area (Å²) < 4.78 is 50.9. The number of anilines is 1. The third-order valence-corrected chi connectivity index (χ3v) is 10.0. The van der Waals surface area contributed by atoms with Crippen molar-refractivity contribution in [3.63, 3.8) is 0 Å². The highest BCUT2D eigenvalue weighted by Crippen LogP contribution is 2.46. The van der Waals surface area contributed by atoms with E-state index in [2.05, 4.69) is 21.2 Å². The summed E-state index contributed by atoms with van der Waals surface area (Å²) in [5.41, 5.74) is 0.504. The highest BCUT2D eigenvalue weighted by molar-refractivity contribution is 9.10. The van der Waals surface area contributed by atoms with Crippen LogP contribution in [0.2, 0.25) is 0 Å². The maximum Gasteiger partial charge on any atom is 0.351 e. The summed E-state index contributed by atoms with van der Waals surface area (Å²) in [7, 11) is -2.45. The predicted octanol–water partition coefficient (Wildman–Crippen LogP) is 5.00. The van der Waals surface area contributed by atoms with Crippen LogP contribution in [-0.4, -0.2) is 77.3 Å². The van der Waals surface area contributed by atoms with Crippen molar-refractivity contribution in [3.8, 4) is 16.2 Å². The number of esters is 2. The van der Waals surface area contributed by atoms with E-state index in [0.717, 1.165) is 24.4 Å². The Bertz CT molecular complexity index is 1310. The number of carbonyl (C=O) groups is 2. The van der Waals surface area contributed by atoms with Gasteiger partial charge in [-0.1, -0.05) is 12.1 Å². The summed E-state index contributed by atoms with van der Waals surface area (Å²) >= 11 is 4.66. The minimum absolute atomic E-state index is 0.0761. The summed E-state index contributed by atoms with van der Waals surface area (Å²) in [5.74, 6) is -1.20. The van der Waals surface area contributed by atoms with Crippen molar-refractivity contribution in [2.75, 3.05) is 43.5 Å². The van der Waals surface area contributed by atoms with Crippen molar-refractivity contribution in [1.82, 2.24) is 5.32 Å². The predicted molar refractivity (Wildman–Crippen MR) is 163 cm³/mol. The zero-order valence-electron chi connectivity index (χ0n) is 24.3. The van der Waals surface area contributed by atoms with Crippen LogP contribution in [0.4, 0.5) is 5.69 Å². The molecule has 0 amide bonds. The molecule has 1 saturated heterocycles. The number of methoxy groups -OCH3 is 1. The second-order valence-corrected chi connectivity index (χ2v) is 14.6. The zero-order chi connectivity index (χ0) is 30.4. The number of sulfonamides is 1. The largest absolute Gasteiger partial charge is 0.479 e. The van der Waals surface area contributed by atoms with Gasteiger partial charge in [0.05, 0.1) is 40.6 Å². The van der Waals surface area contributed by atoms with Crippen molar-refractivity contribution in [2.45, 2.75) is 65.2 Å². The van der Waals surface area contributed by atoms with Crippen molar-refractivity contribution in [2.24, 2.45) is 0 Å². The van der Waals surface area contributed by atoms with Gasteiger partial charge in [-0.25, -0.2) is 18.0 Å². The Morgan fingerprint density at radius 1 is 1.20 bits per heavy atom. The fourth-order valence-electron chi connectivity index (χ4n) is 4.35. The van der Waals surface area contributed by atoms with Crippen molar-refractivity contribution in [3.05, 3.63) is 33.6 Å². The molecule has 0 atom stereocenters. The van der Waals surface area contributed by atoms with Gasteiger partial charge in [-0.05, 0) is 94.2 Å². The van der Waals surface area contributed by atoms with Crippen LogP contribution in [0.1, 0.15) is 57.1 Å². The molecule has 1 aromatic heterocycles. The number of carbonyl (C=O) groups excluding carboxylic acids is 2. The van der Waals surface area contributed by atoms with E-state index in [4.69, 9.17) is 18.9 Å². The van der Waals surface area contributed by atoms with Crippen LogP contribution in [0.3, 0.4) is 0 Å². The lowest BCUT2D eigenvalue weighted by Gasteiger charge is -2.35. The lowest BCUT2D eigenvalue weighted by atomic mass is 10.1. The van der Waals surface area contributed by atoms with E-state index in [1.54, 1.807) is 39.0 Å². The van der Waals surface area contributed by atoms with E-state index in [-0.39, 0.29) is 35.1 Å². The molecule has 1 fully saturated rings. The van der Waals surface area contributed by atoms with Gasteiger partial charge >= 0.3 is 11.9 Å². The Morgan fingerprint density at radius 3 is 2.49 bits per heavy atom. The molecule has 0 aliphatic carbocycles. The number of piperidine rings is 1. The number of halogens is 1.